The van der Waals surface area contributed by atoms with Crippen molar-refractivity contribution in [3.8, 4) is 0 Å². The summed E-state index contributed by atoms with van der Waals surface area (Å²) in [6.07, 6.45) is 0. The highest BCUT2D eigenvalue weighted by atomic mass is 16.3. The normalized spacial score (nSPS) is 29.8. The first kappa shape index (κ1) is 11.9. The Morgan fingerprint density at radius 1 is 1.50 bits per heavy atom. The van der Waals surface area contributed by atoms with Gasteiger partial charge in [0.1, 0.15) is 0 Å². The molecule has 1 heterocycles. The van der Waals surface area contributed by atoms with Gasteiger partial charge in [-0.05, 0) is 21.0 Å². The molecule has 0 aliphatic carbocycles. The first-order valence-electron chi connectivity index (χ1n) is 5.36. The first-order chi connectivity index (χ1) is 6.63. The molecule has 0 bridgehead atoms. The number of hydrogen-bond acceptors (Lipinski definition) is 4. The minimum Gasteiger partial charge on any atom is -0.395 e. The summed E-state index contributed by atoms with van der Waals surface area (Å²) < 4.78 is 0. The molecule has 4 heteroatoms. The monoisotopic (exact) mass is 201 g/mol. The van der Waals surface area contributed by atoms with Crippen molar-refractivity contribution in [3.05, 3.63) is 0 Å². The van der Waals surface area contributed by atoms with Crippen molar-refractivity contribution in [2.24, 2.45) is 0 Å². The van der Waals surface area contributed by atoms with Crippen LogP contribution in [0.2, 0.25) is 0 Å². The van der Waals surface area contributed by atoms with Crippen LogP contribution in [0.15, 0.2) is 0 Å². The van der Waals surface area contributed by atoms with Crippen LogP contribution in [0.5, 0.6) is 0 Å². The molecule has 0 aromatic rings. The summed E-state index contributed by atoms with van der Waals surface area (Å²) >= 11 is 0. The third-order valence-corrected chi connectivity index (χ3v) is 2.77. The number of hydrogen-bond donors (Lipinski definition) is 2. The van der Waals surface area contributed by atoms with Crippen LogP contribution in [0.3, 0.4) is 0 Å². The van der Waals surface area contributed by atoms with Crippen molar-refractivity contribution in [2.75, 3.05) is 46.9 Å². The van der Waals surface area contributed by atoms with E-state index in [9.17, 15) is 5.11 Å². The molecule has 0 aromatic carbocycles. The number of piperazine rings is 1. The second-order valence-corrected chi connectivity index (χ2v) is 4.44. The number of aliphatic hydroxyl groups is 1. The van der Waals surface area contributed by atoms with E-state index in [4.69, 9.17) is 0 Å². The van der Waals surface area contributed by atoms with E-state index in [0.29, 0.717) is 12.1 Å². The van der Waals surface area contributed by atoms with Crippen molar-refractivity contribution in [1.82, 2.24) is 15.1 Å². The van der Waals surface area contributed by atoms with E-state index in [1.165, 1.54) is 0 Å². The van der Waals surface area contributed by atoms with Crippen LogP contribution >= 0.6 is 0 Å². The zero-order valence-corrected chi connectivity index (χ0v) is 9.53. The average Bonchev–Trinajstić information content (AvgIpc) is 2.15. The van der Waals surface area contributed by atoms with Gasteiger partial charge in [0.2, 0.25) is 0 Å². The molecule has 2 N–H and O–H groups in total. The van der Waals surface area contributed by atoms with Crippen molar-refractivity contribution in [1.29, 1.82) is 0 Å². The van der Waals surface area contributed by atoms with Crippen molar-refractivity contribution >= 4 is 0 Å². The molecule has 0 aromatic heterocycles. The molecule has 1 aliphatic heterocycles. The van der Waals surface area contributed by atoms with E-state index < -0.39 is 0 Å². The van der Waals surface area contributed by atoms with Crippen LogP contribution in [-0.2, 0) is 0 Å². The Hall–Kier alpha value is -0.160. The highest BCUT2D eigenvalue weighted by molar-refractivity contribution is 4.83. The summed E-state index contributed by atoms with van der Waals surface area (Å²) in [7, 11) is 4.17. The Labute approximate surface area is 86.9 Å². The fraction of sp³-hybridized carbons (Fsp3) is 1.00. The number of rotatable bonds is 4. The van der Waals surface area contributed by atoms with Crippen molar-refractivity contribution in [3.63, 3.8) is 0 Å². The van der Waals surface area contributed by atoms with Gasteiger partial charge in [0, 0.05) is 38.3 Å². The average molecular weight is 201 g/mol. The highest BCUT2D eigenvalue weighted by Crippen LogP contribution is 2.06. The maximum atomic E-state index is 9.22. The fourth-order valence-corrected chi connectivity index (χ4v) is 1.81. The van der Waals surface area contributed by atoms with E-state index in [1.807, 2.05) is 0 Å². The highest BCUT2D eigenvalue weighted by Gasteiger charge is 2.24. The molecular weight excluding hydrogens is 178 g/mol. The molecule has 0 amide bonds. The summed E-state index contributed by atoms with van der Waals surface area (Å²) in [6.45, 7) is 6.50. The van der Waals surface area contributed by atoms with Gasteiger partial charge in [-0.3, -0.25) is 4.90 Å². The minimum atomic E-state index is 0.257. The predicted octanol–water partition coefficient (Wildman–Crippen LogP) is -0.797. The lowest BCUT2D eigenvalue weighted by Gasteiger charge is -2.38. The zero-order chi connectivity index (χ0) is 10.6. The third-order valence-electron chi connectivity index (χ3n) is 2.77. The van der Waals surface area contributed by atoms with E-state index >= 15 is 0 Å². The Morgan fingerprint density at radius 2 is 2.21 bits per heavy atom. The molecule has 0 radical (unpaired) electrons. The summed E-state index contributed by atoms with van der Waals surface area (Å²) in [6, 6.07) is 0.839. The summed E-state index contributed by atoms with van der Waals surface area (Å²) in [5.74, 6) is 0. The summed E-state index contributed by atoms with van der Waals surface area (Å²) in [5.41, 5.74) is 0. The van der Waals surface area contributed by atoms with Crippen LogP contribution in [-0.4, -0.2) is 73.9 Å². The predicted molar refractivity (Wildman–Crippen MR) is 58.5 cm³/mol. The molecule has 2 atom stereocenters. The number of likely N-dealkylation sites (N-methyl/N-ethyl adjacent to an activating group) is 1. The molecule has 2 unspecified atom stereocenters. The molecule has 1 aliphatic rings. The Morgan fingerprint density at radius 3 is 2.79 bits per heavy atom. The topological polar surface area (TPSA) is 38.7 Å². The standard InChI is InChI=1S/C10H23N3O/c1-9-7-13(5-4-12(2)3)10(8-14)6-11-9/h9-11,14H,4-8H2,1-3H3. The van der Waals surface area contributed by atoms with Gasteiger partial charge in [0.05, 0.1) is 6.61 Å². The van der Waals surface area contributed by atoms with Crippen molar-refractivity contribution < 1.29 is 5.11 Å². The van der Waals surface area contributed by atoms with Crippen LogP contribution < -0.4 is 5.32 Å². The lowest BCUT2D eigenvalue weighted by atomic mass is 10.1. The van der Waals surface area contributed by atoms with E-state index in [-0.39, 0.29) is 6.61 Å². The fourth-order valence-electron chi connectivity index (χ4n) is 1.81. The van der Waals surface area contributed by atoms with Gasteiger partial charge in [-0.1, -0.05) is 0 Å². The van der Waals surface area contributed by atoms with Crippen LogP contribution in [0.25, 0.3) is 0 Å². The number of aliphatic hydroxyl groups excluding tert-OH is 1. The SMILES string of the molecule is CC1CN(CCN(C)C)C(CO)CN1. The second kappa shape index (κ2) is 5.66. The van der Waals surface area contributed by atoms with E-state index in [0.717, 1.165) is 26.2 Å². The molecule has 1 saturated heterocycles. The van der Waals surface area contributed by atoms with Gasteiger partial charge in [-0.25, -0.2) is 0 Å². The van der Waals surface area contributed by atoms with Gasteiger partial charge >= 0.3 is 0 Å². The molecule has 1 fully saturated rings. The molecule has 84 valence electrons. The number of nitrogens with zero attached hydrogens (tertiary/aromatic N) is 2. The minimum absolute atomic E-state index is 0.257. The van der Waals surface area contributed by atoms with Gasteiger partial charge in [0.15, 0.2) is 0 Å². The molecule has 0 spiro atoms. The summed E-state index contributed by atoms with van der Waals surface area (Å²) in [4.78, 5) is 4.56. The van der Waals surface area contributed by atoms with Gasteiger partial charge < -0.3 is 15.3 Å². The Balaban J connectivity index is 2.36. The molecular formula is C10H23N3O. The molecule has 4 nitrogen and oxygen atoms in total. The third kappa shape index (κ3) is 3.53. The smallest absolute Gasteiger partial charge is 0.0599 e. The number of nitrogens with one attached hydrogen (secondary N) is 1. The largest absolute Gasteiger partial charge is 0.395 e. The Kier molecular flexibility index (Phi) is 4.81. The van der Waals surface area contributed by atoms with Crippen LogP contribution in [0.1, 0.15) is 6.92 Å². The van der Waals surface area contributed by atoms with Crippen LogP contribution in [0, 0.1) is 0 Å². The lowest BCUT2D eigenvalue weighted by Crippen LogP contribution is -2.57. The first-order valence-corrected chi connectivity index (χ1v) is 5.36. The zero-order valence-electron chi connectivity index (χ0n) is 9.53. The van der Waals surface area contributed by atoms with Gasteiger partial charge in [0.25, 0.3) is 0 Å². The van der Waals surface area contributed by atoms with Crippen LogP contribution in [0.4, 0.5) is 0 Å². The lowest BCUT2D eigenvalue weighted by molar-refractivity contribution is 0.0785. The second-order valence-electron chi connectivity index (χ2n) is 4.44. The quantitative estimate of drug-likeness (QED) is 0.625. The van der Waals surface area contributed by atoms with Gasteiger partial charge in [-0.15, -0.1) is 0 Å². The van der Waals surface area contributed by atoms with Gasteiger partial charge in [-0.2, -0.15) is 0 Å². The van der Waals surface area contributed by atoms with E-state index in [1.54, 1.807) is 0 Å². The summed E-state index contributed by atoms with van der Waals surface area (Å²) in [5, 5.41) is 12.6. The Bertz CT molecular complexity index is 163. The molecule has 14 heavy (non-hydrogen) atoms. The van der Waals surface area contributed by atoms with Crippen molar-refractivity contribution in [2.45, 2.75) is 19.0 Å². The maximum Gasteiger partial charge on any atom is 0.0599 e. The maximum absolute atomic E-state index is 9.22. The molecule has 0 saturated carbocycles. The molecule has 1 rings (SSSR count). The van der Waals surface area contributed by atoms with E-state index in [2.05, 4.69) is 36.1 Å².